The Morgan fingerprint density at radius 2 is 1.73 bits per heavy atom. The lowest BCUT2D eigenvalue weighted by atomic mass is 9.87. The first-order valence-electron chi connectivity index (χ1n) is 9.64. The van der Waals surface area contributed by atoms with Crippen LogP contribution in [0.25, 0.3) is 0 Å². The van der Waals surface area contributed by atoms with Gasteiger partial charge in [-0.25, -0.2) is 0 Å². The Morgan fingerprint density at radius 1 is 0.967 bits per heavy atom. The number of carbonyl (C=O) groups excluding carboxylic acids is 1. The first-order chi connectivity index (χ1) is 14.7. The van der Waals surface area contributed by atoms with Crippen LogP contribution in [0.5, 0.6) is 23.0 Å². The summed E-state index contributed by atoms with van der Waals surface area (Å²) in [4.78, 5) is 12.9. The highest BCUT2D eigenvalue weighted by Gasteiger charge is 2.24. The van der Waals surface area contributed by atoms with E-state index in [9.17, 15) is 4.79 Å². The molecular weight excluding hydrogens is 382 g/mol. The number of benzene rings is 3. The molecule has 1 heterocycles. The zero-order valence-corrected chi connectivity index (χ0v) is 16.9. The van der Waals surface area contributed by atoms with Gasteiger partial charge in [0.25, 0.3) is 0 Å². The van der Waals surface area contributed by atoms with Crippen LogP contribution < -0.4 is 24.3 Å². The molecule has 0 aliphatic carbocycles. The van der Waals surface area contributed by atoms with Crippen LogP contribution in [0.2, 0.25) is 0 Å². The van der Waals surface area contributed by atoms with E-state index in [0.29, 0.717) is 17.2 Å². The third kappa shape index (κ3) is 4.17. The van der Waals surface area contributed by atoms with E-state index in [-0.39, 0.29) is 25.0 Å². The number of carbonyl (C=O) groups is 1. The first kappa shape index (κ1) is 19.6. The molecule has 0 bridgehead atoms. The smallest absolute Gasteiger partial charge is 0.231 e. The fraction of sp³-hybridized carbons (Fsp3) is 0.208. The van der Waals surface area contributed by atoms with Crippen molar-refractivity contribution in [2.75, 3.05) is 26.3 Å². The number of hydrogen-bond donors (Lipinski definition) is 1. The minimum absolute atomic E-state index is 0.103. The van der Waals surface area contributed by atoms with E-state index in [4.69, 9.17) is 18.9 Å². The maximum absolute atomic E-state index is 12.9. The number of para-hydroxylation sites is 1. The molecule has 154 valence electrons. The van der Waals surface area contributed by atoms with Crippen LogP contribution in [0.1, 0.15) is 23.5 Å². The van der Waals surface area contributed by atoms with Crippen LogP contribution in [0.4, 0.5) is 5.69 Å². The van der Waals surface area contributed by atoms with E-state index in [0.717, 1.165) is 22.6 Å². The lowest BCUT2D eigenvalue weighted by molar-refractivity contribution is -0.116. The standard InChI is InChI=1S/C24H23NO5/c1-27-18-10-8-17(9-11-18)25-24(26)14-20(19-5-3-4-6-21(19)28-2)16-7-12-22-23(13-16)30-15-29-22/h3-13,20H,14-15H2,1-2H3,(H,25,26)/t20-/m1/s1. The number of rotatable bonds is 7. The van der Waals surface area contributed by atoms with E-state index < -0.39 is 0 Å². The summed E-state index contributed by atoms with van der Waals surface area (Å²) in [5.41, 5.74) is 2.60. The van der Waals surface area contributed by atoms with Gasteiger partial charge in [-0.15, -0.1) is 0 Å². The van der Waals surface area contributed by atoms with Gasteiger partial charge in [0.15, 0.2) is 11.5 Å². The number of anilines is 1. The summed E-state index contributed by atoms with van der Waals surface area (Å²) >= 11 is 0. The molecule has 1 N–H and O–H groups in total. The van der Waals surface area contributed by atoms with Crippen molar-refractivity contribution < 1.29 is 23.7 Å². The average molecular weight is 405 g/mol. The number of fused-ring (bicyclic) bond motifs is 1. The molecule has 0 spiro atoms. The van der Waals surface area contributed by atoms with Gasteiger partial charge in [-0.2, -0.15) is 0 Å². The Balaban J connectivity index is 1.62. The fourth-order valence-corrected chi connectivity index (χ4v) is 3.56. The summed E-state index contributed by atoms with van der Waals surface area (Å²) < 4.78 is 21.7. The van der Waals surface area contributed by atoms with Gasteiger partial charge in [-0.1, -0.05) is 24.3 Å². The van der Waals surface area contributed by atoms with E-state index in [1.54, 1.807) is 14.2 Å². The summed E-state index contributed by atoms with van der Waals surface area (Å²) in [6.07, 6.45) is 0.242. The Kier molecular flexibility index (Phi) is 5.75. The highest BCUT2D eigenvalue weighted by atomic mass is 16.7. The van der Waals surface area contributed by atoms with Gasteiger partial charge >= 0.3 is 0 Å². The second-order valence-corrected chi connectivity index (χ2v) is 6.89. The molecule has 6 nitrogen and oxygen atoms in total. The van der Waals surface area contributed by atoms with Gasteiger partial charge in [0.1, 0.15) is 11.5 Å². The highest BCUT2D eigenvalue weighted by Crippen LogP contribution is 2.40. The predicted octanol–water partition coefficient (Wildman–Crippen LogP) is 4.59. The molecule has 1 atom stereocenters. The summed E-state index contributed by atoms with van der Waals surface area (Å²) in [5.74, 6) is 2.54. The molecular formula is C24H23NO5. The third-order valence-electron chi connectivity index (χ3n) is 5.08. The molecule has 0 unspecified atom stereocenters. The number of methoxy groups -OCH3 is 2. The second kappa shape index (κ2) is 8.78. The van der Waals surface area contributed by atoms with Gasteiger partial charge < -0.3 is 24.3 Å². The Bertz CT molecular complexity index is 1030. The van der Waals surface area contributed by atoms with Crippen LogP contribution in [0.3, 0.4) is 0 Å². The zero-order chi connectivity index (χ0) is 20.9. The van der Waals surface area contributed by atoms with E-state index in [1.807, 2.05) is 66.7 Å². The number of amides is 1. The summed E-state index contributed by atoms with van der Waals surface area (Å²) in [5, 5.41) is 2.96. The molecule has 1 amide bonds. The van der Waals surface area contributed by atoms with Gasteiger partial charge in [0.2, 0.25) is 12.7 Å². The zero-order valence-electron chi connectivity index (χ0n) is 16.9. The van der Waals surface area contributed by atoms with Crippen molar-refractivity contribution in [2.24, 2.45) is 0 Å². The molecule has 1 aliphatic heterocycles. The van der Waals surface area contributed by atoms with Crippen molar-refractivity contribution in [3.63, 3.8) is 0 Å². The monoisotopic (exact) mass is 405 g/mol. The minimum atomic E-state index is -0.214. The predicted molar refractivity (Wildman–Crippen MR) is 114 cm³/mol. The Morgan fingerprint density at radius 3 is 2.50 bits per heavy atom. The molecule has 3 aromatic carbocycles. The van der Waals surface area contributed by atoms with Gasteiger partial charge in [-0.05, 0) is 48.0 Å². The van der Waals surface area contributed by atoms with Gasteiger partial charge in [-0.3, -0.25) is 4.79 Å². The minimum Gasteiger partial charge on any atom is -0.497 e. The van der Waals surface area contributed by atoms with Crippen LogP contribution in [0.15, 0.2) is 66.7 Å². The molecule has 4 rings (SSSR count). The maximum atomic E-state index is 12.9. The van der Waals surface area contributed by atoms with Gasteiger partial charge in [0, 0.05) is 23.6 Å². The van der Waals surface area contributed by atoms with E-state index in [2.05, 4.69) is 5.32 Å². The normalized spacial score (nSPS) is 12.9. The molecule has 1 aliphatic rings. The van der Waals surface area contributed by atoms with Crippen molar-refractivity contribution >= 4 is 11.6 Å². The van der Waals surface area contributed by atoms with Crippen LogP contribution in [-0.2, 0) is 4.79 Å². The van der Waals surface area contributed by atoms with Crippen LogP contribution >= 0.6 is 0 Å². The molecule has 0 saturated carbocycles. The van der Waals surface area contributed by atoms with Crippen molar-refractivity contribution in [1.82, 2.24) is 0 Å². The fourth-order valence-electron chi connectivity index (χ4n) is 3.56. The van der Waals surface area contributed by atoms with Crippen LogP contribution in [0, 0.1) is 0 Å². The van der Waals surface area contributed by atoms with Crippen molar-refractivity contribution in [3.8, 4) is 23.0 Å². The number of nitrogens with one attached hydrogen (secondary N) is 1. The molecule has 0 radical (unpaired) electrons. The highest BCUT2D eigenvalue weighted by molar-refractivity contribution is 5.91. The molecule has 0 aromatic heterocycles. The summed E-state index contributed by atoms with van der Waals surface area (Å²) in [6, 6.07) is 20.8. The quantitative estimate of drug-likeness (QED) is 0.623. The number of ether oxygens (including phenoxy) is 4. The lowest BCUT2D eigenvalue weighted by Crippen LogP contribution is -2.17. The molecule has 0 fully saturated rings. The van der Waals surface area contributed by atoms with Crippen molar-refractivity contribution in [1.29, 1.82) is 0 Å². The average Bonchev–Trinajstić information content (AvgIpc) is 3.26. The maximum Gasteiger partial charge on any atom is 0.231 e. The topological polar surface area (TPSA) is 66.0 Å². The first-order valence-corrected chi connectivity index (χ1v) is 9.64. The Hall–Kier alpha value is -3.67. The van der Waals surface area contributed by atoms with Crippen molar-refractivity contribution in [3.05, 3.63) is 77.9 Å². The molecule has 30 heavy (non-hydrogen) atoms. The third-order valence-corrected chi connectivity index (χ3v) is 5.08. The van der Waals surface area contributed by atoms with E-state index >= 15 is 0 Å². The second-order valence-electron chi connectivity index (χ2n) is 6.89. The summed E-state index contributed by atoms with van der Waals surface area (Å²) in [6.45, 7) is 0.204. The van der Waals surface area contributed by atoms with Crippen LogP contribution in [-0.4, -0.2) is 26.9 Å². The SMILES string of the molecule is COc1ccc(NC(=O)C[C@H](c2ccc3c(c2)OCO3)c2ccccc2OC)cc1. The van der Waals surface area contributed by atoms with E-state index in [1.165, 1.54) is 0 Å². The summed E-state index contributed by atoms with van der Waals surface area (Å²) in [7, 11) is 3.24. The molecule has 6 heteroatoms. The number of hydrogen-bond acceptors (Lipinski definition) is 5. The Labute approximate surface area is 175 Å². The largest absolute Gasteiger partial charge is 0.497 e. The van der Waals surface area contributed by atoms with Crippen molar-refractivity contribution in [2.45, 2.75) is 12.3 Å². The molecule has 0 saturated heterocycles. The van der Waals surface area contributed by atoms with Gasteiger partial charge in [0.05, 0.1) is 14.2 Å². The lowest BCUT2D eigenvalue weighted by Gasteiger charge is -2.20. The molecule has 3 aromatic rings.